The maximum Gasteiger partial charge on any atom is 0.416 e. The largest absolute Gasteiger partial charge is 0.416 e. The van der Waals surface area contributed by atoms with Crippen LogP contribution in [-0.2, 0) is 17.5 Å². The summed E-state index contributed by atoms with van der Waals surface area (Å²) in [6.07, 6.45) is -3.78. The Balaban J connectivity index is 1.94. The Bertz CT molecular complexity index is 535. The topological polar surface area (TPSA) is 24.8 Å². The number of carbonyl (C=O) groups excluding carboxylic acids is 1. The van der Waals surface area contributed by atoms with Gasteiger partial charge in [-0.15, -0.1) is 0 Å². The second-order valence-electron chi connectivity index (χ2n) is 6.56. The lowest BCUT2D eigenvalue weighted by molar-refractivity contribution is -0.917. The van der Waals surface area contributed by atoms with Crippen LogP contribution in [0.1, 0.15) is 31.4 Å². The number of nitrogens with one attached hydrogen (secondary N) is 1. The van der Waals surface area contributed by atoms with Crippen LogP contribution in [0.5, 0.6) is 0 Å². The molecule has 1 amide bonds. The van der Waals surface area contributed by atoms with Gasteiger partial charge in [0.2, 0.25) is 5.91 Å². The van der Waals surface area contributed by atoms with Gasteiger partial charge in [-0.05, 0) is 12.0 Å². The first-order valence-corrected chi connectivity index (χ1v) is 8.04. The van der Waals surface area contributed by atoms with E-state index in [4.69, 9.17) is 0 Å². The molecule has 1 N–H and O–H groups in total. The van der Waals surface area contributed by atoms with E-state index >= 15 is 0 Å². The van der Waals surface area contributed by atoms with Crippen molar-refractivity contribution >= 4 is 5.91 Å². The minimum absolute atomic E-state index is 0.148. The Kier molecular flexibility index (Phi) is 5.68. The summed E-state index contributed by atoms with van der Waals surface area (Å²) in [5.41, 5.74) is -0.220. The molecule has 1 fully saturated rings. The highest BCUT2D eigenvalue weighted by Crippen LogP contribution is 2.31. The van der Waals surface area contributed by atoms with E-state index in [-0.39, 0.29) is 5.91 Å². The van der Waals surface area contributed by atoms with Crippen LogP contribution in [0.2, 0.25) is 0 Å². The fourth-order valence-corrected chi connectivity index (χ4v) is 2.95. The van der Waals surface area contributed by atoms with Crippen LogP contribution in [0.3, 0.4) is 0 Å². The summed E-state index contributed by atoms with van der Waals surface area (Å²) in [5.74, 6) is 0.473. The summed E-state index contributed by atoms with van der Waals surface area (Å²) in [6.45, 7) is 6.99. The molecule has 1 saturated heterocycles. The van der Waals surface area contributed by atoms with Crippen molar-refractivity contribution < 1.29 is 22.9 Å². The van der Waals surface area contributed by atoms with Gasteiger partial charge in [0.05, 0.1) is 31.7 Å². The number of piperazine rings is 1. The molecular weight excluding hydrogens is 305 g/mol. The summed E-state index contributed by atoms with van der Waals surface area (Å²) >= 11 is 0. The zero-order chi connectivity index (χ0) is 17.0. The van der Waals surface area contributed by atoms with Gasteiger partial charge in [0.1, 0.15) is 6.54 Å². The van der Waals surface area contributed by atoms with Gasteiger partial charge >= 0.3 is 6.18 Å². The number of rotatable bonds is 4. The van der Waals surface area contributed by atoms with E-state index in [1.807, 2.05) is 18.7 Å². The average molecular weight is 329 g/mol. The SMILES string of the molecule is CC(C)CC(=O)N1CC[NH+](Cc2ccccc2C(F)(F)F)CC1. The molecule has 0 aromatic heterocycles. The van der Waals surface area contributed by atoms with Crippen molar-refractivity contribution in [1.82, 2.24) is 4.90 Å². The highest BCUT2D eigenvalue weighted by molar-refractivity contribution is 5.76. The van der Waals surface area contributed by atoms with Gasteiger partial charge in [0, 0.05) is 12.0 Å². The van der Waals surface area contributed by atoms with Crippen molar-refractivity contribution in [3.05, 3.63) is 35.4 Å². The molecule has 23 heavy (non-hydrogen) atoms. The molecule has 1 aromatic carbocycles. The van der Waals surface area contributed by atoms with Crippen molar-refractivity contribution in [3.63, 3.8) is 0 Å². The molecule has 128 valence electrons. The molecule has 1 heterocycles. The number of hydrogen-bond donors (Lipinski definition) is 1. The van der Waals surface area contributed by atoms with Crippen molar-refractivity contribution in [3.8, 4) is 0 Å². The summed E-state index contributed by atoms with van der Waals surface area (Å²) < 4.78 is 39.1. The first-order valence-electron chi connectivity index (χ1n) is 8.04. The second-order valence-corrected chi connectivity index (χ2v) is 6.56. The van der Waals surface area contributed by atoms with E-state index in [1.165, 1.54) is 6.07 Å². The lowest BCUT2D eigenvalue weighted by Crippen LogP contribution is -3.13. The first-order chi connectivity index (χ1) is 10.8. The number of hydrogen-bond acceptors (Lipinski definition) is 1. The van der Waals surface area contributed by atoms with Crippen LogP contribution < -0.4 is 4.90 Å². The van der Waals surface area contributed by atoms with Gasteiger partial charge in [-0.2, -0.15) is 13.2 Å². The van der Waals surface area contributed by atoms with Crippen LogP contribution in [0.25, 0.3) is 0 Å². The van der Waals surface area contributed by atoms with Crippen molar-refractivity contribution in [1.29, 1.82) is 0 Å². The van der Waals surface area contributed by atoms with Crippen LogP contribution >= 0.6 is 0 Å². The molecule has 0 bridgehead atoms. The summed E-state index contributed by atoms with van der Waals surface area (Å²) in [4.78, 5) is 15.0. The third-order valence-electron chi connectivity index (χ3n) is 4.17. The van der Waals surface area contributed by atoms with Gasteiger partial charge in [0.25, 0.3) is 0 Å². The number of nitrogens with zero attached hydrogens (tertiary/aromatic N) is 1. The normalized spacial score (nSPS) is 16.9. The van der Waals surface area contributed by atoms with E-state index in [9.17, 15) is 18.0 Å². The summed E-state index contributed by atoms with van der Waals surface area (Å²) in [5, 5.41) is 0. The molecule has 2 rings (SSSR count). The van der Waals surface area contributed by atoms with Gasteiger partial charge in [-0.25, -0.2) is 0 Å². The molecule has 0 aliphatic carbocycles. The molecule has 6 heteroatoms. The molecule has 1 aromatic rings. The molecular formula is C17H24F3N2O+. The van der Waals surface area contributed by atoms with Crippen molar-refractivity contribution in [2.75, 3.05) is 26.2 Å². The van der Waals surface area contributed by atoms with Gasteiger partial charge < -0.3 is 9.80 Å². The second kappa shape index (κ2) is 7.34. The highest BCUT2D eigenvalue weighted by Gasteiger charge is 2.34. The van der Waals surface area contributed by atoms with Gasteiger partial charge in [0.15, 0.2) is 0 Å². The third-order valence-corrected chi connectivity index (χ3v) is 4.17. The minimum Gasteiger partial charge on any atom is -0.331 e. The molecule has 0 unspecified atom stereocenters. The van der Waals surface area contributed by atoms with Crippen LogP contribution in [0, 0.1) is 5.92 Å². The average Bonchev–Trinajstić information content (AvgIpc) is 2.46. The zero-order valence-electron chi connectivity index (χ0n) is 13.6. The minimum atomic E-state index is -4.31. The summed E-state index contributed by atoms with van der Waals surface area (Å²) in [7, 11) is 0. The molecule has 3 nitrogen and oxygen atoms in total. The molecule has 1 aliphatic heterocycles. The lowest BCUT2D eigenvalue weighted by atomic mass is 10.1. The van der Waals surface area contributed by atoms with E-state index in [0.29, 0.717) is 50.6 Å². The molecule has 0 spiro atoms. The highest BCUT2D eigenvalue weighted by atomic mass is 19.4. The number of amides is 1. The molecule has 1 aliphatic rings. The van der Waals surface area contributed by atoms with Crippen molar-refractivity contribution in [2.45, 2.75) is 33.0 Å². The Morgan fingerprint density at radius 2 is 1.83 bits per heavy atom. The first kappa shape index (κ1) is 17.8. The molecule has 0 atom stereocenters. The third kappa shape index (κ3) is 4.96. The van der Waals surface area contributed by atoms with E-state index < -0.39 is 11.7 Å². The van der Waals surface area contributed by atoms with Gasteiger partial charge in [-0.1, -0.05) is 32.0 Å². The number of alkyl halides is 3. The Morgan fingerprint density at radius 3 is 2.39 bits per heavy atom. The quantitative estimate of drug-likeness (QED) is 0.898. The Hall–Kier alpha value is -1.56. The van der Waals surface area contributed by atoms with E-state index in [1.54, 1.807) is 12.1 Å². The Morgan fingerprint density at radius 1 is 1.22 bits per heavy atom. The number of carbonyl (C=O) groups is 1. The Labute approximate surface area is 135 Å². The fraction of sp³-hybridized carbons (Fsp3) is 0.588. The monoisotopic (exact) mass is 329 g/mol. The van der Waals surface area contributed by atoms with E-state index in [0.717, 1.165) is 11.0 Å². The van der Waals surface area contributed by atoms with Crippen molar-refractivity contribution in [2.24, 2.45) is 5.92 Å². The van der Waals surface area contributed by atoms with Crippen LogP contribution in [0.15, 0.2) is 24.3 Å². The molecule has 0 radical (unpaired) electrons. The van der Waals surface area contributed by atoms with Crippen LogP contribution in [0.4, 0.5) is 13.2 Å². The standard InChI is InChI=1S/C17H23F3N2O/c1-13(2)11-16(23)22-9-7-21(8-10-22)12-14-5-3-4-6-15(14)17(18,19)20/h3-6,13H,7-12H2,1-2H3/p+1. The number of benzene rings is 1. The number of quaternary nitrogens is 1. The van der Waals surface area contributed by atoms with Gasteiger partial charge in [-0.3, -0.25) is 4.79 Å². The van der Waals surface area contributed by atoms with E-state index in [2.05, 4.69) is 0 Å². The lowest BCUT2D eigenvalue weighted by Gasteiger charge is -2.33. The summed E-state index contributed by atoms with van der Waals surface area (Å²) in [6, 6.07) is 5.75. The number of halogens is 3. The predicted octanol–water partition coefficient (Wildman–Crippen LogP) is 1.98. The smallest absolute Gasteiger partial charge is 0.331 e. The van der Waals surface area contributed by atoms with Crippen LogP contribution in [-0.4, -0.2) is 37.0 Å². The fourth-order valence-electron chi connectivity index (χ4n) is 2.95. The maximum absolute atomic E-state index is 13.0. The zero-order valence-corrected chi connectivity index (χ0v) is 13.6. The predicted molar refractivity (Wildman–Crippen MR) is 81.9 cm³/mol. The maximum atomic E-state index is 13.0. The molecule has 0 saturated carbocycles.